The molecule has 1 rings (SSSR count). The molecule has 1 aliphatic rings. The smallest absolute Gasteiger partial charge is 0.324 e. The zero-order valence-electron chi connectivity index (χ0n) is 8.54. The fourth-order valence-corrected chi connectivity index (χ4v) is 5.05. The summed E-state index contributed by atoms with van der Waals surface area (Å²) in [5.41, 5.74) is 0.787. The predicted octanol–water partition coefficient (Wildman–Crippen LogP) is 1.94. The standard InChI is InChI=1S/C9H20O2Si/c1-5-7-8(6-2)9(7)12(10-3)11-4/h7-9,12H,5-6H2,1-4H3. The average Bonchev–Trinajstić information content (AvgIpc) is 2.80. The summed E-state index contributed by atoms with van der Waals surface area (Å²) in [5, 5.41) is 0. The van der Waals surface area contributed by atoms with E-state index in [2.05, 4.69) is 13.8 Å². The van der Waals surface area contributed by atoms with Gasteiger partial charge in [0.05, 0.1) is 0 Å². The summed E-state index contributed by atoms with van der Waals surface area (Å²) >= 11 is 0. The lowest BCUT2D eigenvalue weighted by molar-refractivity contribution is 0.273. The first-order valence-corrected chi connectivity index (χ1v) is 6.46. The molecule has 0 aromatic carbocycles. The molecule has 0 aromatic heterocycles. The molecule has 2 nitrogen and oxygen atoms in total. The van der Waals surface area contributed by atoms with E-state index in [0.717, 1.165) is 17.4 Å². The summed E-state index contributed by atoms with van der Waals surface area (Å²) in [6.07, 6.45) is 2.58. The van der Waals surface area contributed by atoms with E-state index in [1.165, 1.54) is 12.8 Å². The van der Waals surface area contributed by atoms with Crippen LogP contribution in [0.2, 0.25) is 5.54 Å². The number of rotatable bonds is 5. The minimum atomic E-state index is -1.31. The van der Waals surface area contributed by atoms with Gasteiger partial charge in [-0.25, -0.2) is 0 Å². The molecule has 0 N–H and O–H groups in total. The van der Waals surface area contributed by atoms with Crippen LogP contribution >= 0.6 is 0 Å². The lowest BCUT2D eigenvalue weighted by Crippen LogP contribution is -2.20. The van der Waals surface area contributed by atoms with E-state index in [4.69, 9.17) is 8.85 Å². The Morgan fingerprint density at radius 1 is 1.00 bits per heavy atom. The molecule has 3 heteroatoms. The topological polar surface area (TPSA) is 18.5 Å². The summed E-state index contributed by atoms with van der Waals surface area (Å²) in [4.78, 5) is 0. The lowest BCUT2D eigenvalue weighted by atomic mass is 10.2. The van der Waals surface area contributed by atoms with Gasteiger partial charge in [-0.05, 0) is 11.8 Å². The third kappa shape index (κ3) is 1.73. The first-order chi connectivity index (χ1) is 5.79. The fourth-order valence-electron chi connectivity index (χ4n) is 2.44. The van der Waals surface area contributed by atoms with Gasteiger partial charge in [-0.3, -0.25) is 0 Å². The van der Waals surface area contributed by atoms with Crippen molar-refractivity contribution in [2.45, 2.75) is 32.2 Å². The van der Waals surface area contributed by atoms with Gasteiger partial charge in [-0.2, -0.15) is 0 Å². The van der Waals surface area contributed by atoms with Gasteiger partial charge < -0.3 is 8.85 Å². The second kappa shape index (κ2) is 4.39. The van der Waals surface area contributed by atoms with Crippen molar-refractivity contribution in [3.63, 3.8) is 0 Å². The van der Waals surface area contributed by atoms with E-state index in [1.54, 1.807) is 14.2 Å². The molecule has 2 unspecified atom stereocenters. The van der Waals surface area contributed by atoms with Crippen molar-refractivity contribution >= 4 is 9.28 Å². The van der Waals surface area contributed by atoms with E-state index in [0.29, 0.717) is 0 Å². The third-order valence-corrected chi connectivity index (χ3v) is 5.67. The van der Waals surface area contributed by atoms with Gasteiger partial charge in [-0.1, -0.05) is 26.7 Å². The molecule has 1 fully saturated rings. The molecule has 0 radical (unpaired) electrons. The van der Waals surface area contributed by atoms with Crippen molar-refractivity contribution < 1.29 is 8.85 Å². The van der Waals surface area contributed by atoms with Crippen molar-refractivity contribution in [2.75, 3.05) is 14.2 Å². The van der Waals surface area contributed by atoms with Crippen LogP contribution < -0.4 is 0 Å². The molecule has 0 amide bonds. The molecule has 0 aliphatic heterocycles. The summed E-state index contributed by atoms with van der Waals surface area (Å²) in [5.74, 6) is 1.79. The maximum atomic E-state index is 5.40. The van der Waals surface area contributed by atoms with Crippen molar-refractivity contribution in [2.24, 2.45) is 11.8 Å². The first kappa shape index (κ1) is 10.2. The monoisotopic (exact) mass is 188 g/mol. The Kier molecular flexibility index (Phi) is 3.74. The largest absolute Gasteiger partial charge is 0.400 e. The van der Waals surface area contributed by atoms with Gasteiger partial charge in [0.25, 0.3) is 0 Å². The van der Waals surface area contributed by atoms with Crippen LogP contribution in [0.1, 0.15) is 26.7 Å². The molecule has 1 saturated carbocycles. The van der Waals surface area contributed by atoms with Crippen molar-refractivity contribution in [3.05, 3.63) is 0 Å². The van der Waals surface area contributed by atoms with Crippen molar-refractivity contribution in [1.82, 2.24) is 0 Å². The SMILES string of the molecule is CCC1C(CC)C1[SiH](OC)OC. The zero-order valence-corrected chi connectivity index (χ0v) is 9.69. The Morgan fingerprint density at radius 2 is 1.42 bits per heavy atom. The summed E-state index contributed by atoms with van der Waals surface area (Å²) in [6.45, 7) is 4.54. The van der Waals surface area contributed by atoms with E-state index < -0.39 is 9.28 Å². The number of hydrogen-bond acceptors (Lipinski definition) is 2. The number of hydrogen-bond donors (Lipinski definition) is 0. The van der Waals surface area contributed by atoms with Gasteiger partial charge in [-0.15, -0.1) is 0 Å². The van der Waals surface area contributed by atoms with Gasteiger partial charge in [0.15, 0.2) is 0 Å². The van der Waals surface area contributed by atoms with Crippen LogP contribution in [0.25, 0.3) is 0 Å². The van der Waals surface area contributed by atoms with E-state index in [-0.39, 0.29) is 0 Å². The molecule has 72 valence electrons. The van der Waals surface area contributed by atoms with Crippen LogP contribution in [-0.4, -0.2) is 23.5 Å². The van der Waals surface area contributed by atoms with E-state index >= 15 is 0 Å². The maximum Gasteiger partial charge on any atom is 0.324 e. The van der Waals surface area contributed by atoms with Crippen LogP contribution in [0.4, 0.5) is 0 Å². The van der Waals surface area contributed by atoms with Crippen LogP contribution in [0.3, 0.4) is 0 Å². The predicted molar refractivity (Wildman–Crippen MR) is 52.5 cm³/mol. The summed E-state index contributed by atoms with van der Waals surface area (Å²) in [6, 6.07) is 0. The molecule has 12 heavy (non-hydrogen) atoms. The van der Waals surface area contributed by atoms with Gasteiger partial charge in [0, 0.05) is 19.8 Å². The minimum Gasteiger partial charge on any atom is -0.400 e. The minimum absolute atomic E-state index is 0.787. The van der Waals surface area contributed by atoms with Crippen LogP contribution in [0, 0.1) is 11.8 Å². The molecule has 0 heterocycles. The highest BCUT2D eigenvalue weighted by atomic mass is 28.3. The fraction of sp³-hybridized carbons (Fsp3) is 1.00. The molecule has 0 spiro atoms. The van der Waals surface area contributed by atoms with Gasteiger partial charge in [0.1, 0.15) is 0 Å². The molecule has 2 atom stereocenters. The Morgan fingerprint density at radius 3 is 1.67 bits per heavy atom. The molecule has 0 aromatic rings. The third-order valence-electron chi connectivity index (χ3n) is 3.12. The van der Waals surface area contributed by atoms with Crippen molar-refractivity contribution in [3.8, 4) is 0 Å². The highest BCUT2D eigenvalue weighted by Gasteiger charge is 2.53. The second-order valence-electron chi connectivity index (χ2n) is 3.56. The van der Waals surface area contributed by atoms with E-state index in [1.807, 2.05) is 0 Å². The van der Waals surface area contributed by atoms with E-state index in [9.17, 15) is 0 Å². The highest BCUT2D eigenvalue weighted by molar-refractivity contribution is 6.47. The summed E-state index contributed by atoms with van der Waals surface area (Å²) in [7, 11) is 2.27. The van der Waals surface area contributed by atoms with Crippen LogP contribution in [0.5, 0.6) is 0 Å². The highest BCUT2D eigenvalue weighted by Crippen LogP contribution is 2.57. The summed E-state index contributed by atoms with van der Waals surface area (Å²) < 4.78 is 10.8. The van der Waals surface area contributed by atoms with Crippen LogP contribution in [0.15, 0.2) is 0 Å². The van der Waals surface area contributed by atoms with Gasteiger partial charge in [0.2, 0.25) is 0 Å². The van der Waals surface area contributed by atoms with Crippen molar-refractivity contribution in [1.29, 1.82) is 0 Å². The Bertz CT molecular complexity index is 126. The second-order valence-corrected chi connectivity index (χ2v) is 6.01. The first-order valence-electron chi connectivity index (χ1n) is 4.85. The normalized spacial score (nSPS) is 34.2. The molecular weight excluding hydrogens is 168 g/mol. The average molecular weight is 188 g/mol. The van der Waals surface area contributed by atoms with Crippen LogP contribution in [-0.2, 0) is 8.85 Å². The Hall–Kier alpha value is 0.137. The quantitative estimate of drug-likeness (QED) is 0.614. The molecule has 0 saturated heterocycles. The maximum absolute atomic E-state index is 5.40. The van der Waals surface area contributed by atoms with Gasteiger partial charge >= 0.3 is 9.28 Å². The zero-order chi connectivity index (χ0) is 9.14. The molecular formula is C9H20O2Si. The lowest BCUT2D eigenvalue weighted by Gasteiger charge is -2.09. The molecule has 1 aliphatic carbocycles. The molecule has 0 bridgehead atoms. The Balaban J connectivity index is 2.42. The Labute approximate surface area is 77.1 Å².